The topological polar surface area (TPSA) is 29.1 Å². The Balaban J connectivity index is 4.01. The van der Waals surface area contributed by atoms with Crippen LogP contribution < -0.4 is 5.32 Å². The lowest BCUT2D eigenvalue weighted by Gasteiger charge is -2.29. The van der Waals surface area contributed by atoms with Crippen molar-refractivity contribution in [2.24, 2.45) is 5.92 Å². The van der Waals surface area contributed by atoms with Gasteiger partial charge in [0.1, 0.15) is 0 Å². The van der Waals surface area contributed by atoms with E-state index >= 15 is 0 Å². The van der Waals surface area contributed by atoms with E-state index in [4.69, 9.17) is 11.6 Å². The molecule has 0 heterocycles. The van der Waals surface area contributed by atoms with Gasteiger partial charge in [0.05, 0.1) is 0 Å². The third-order valence-corrected chi connectivity index (χ3v) is 3.01. The lowest BCUT2D eigenvalue weighted by Crippen LogP contribution is -2.45. The van der Waals surface area contributed by atoms with E-state index in [0.717, 1.165) is 19.3 Å². The zero-order valence-electron chi connectivity index (χ0n) is 10.4. The van der Waals surface area contributed by atoms with Gasteiger partial charge in [0.15, 0.2) is 0 Å². The summed E-state index contributed by atoms with van der Waals surface area (Å²) in [7, 11) is 0. The Labute approximate surface area is 98.8 Å². The highest BCUT2D eigenvalue weighted by Gasteiger charge is 2.23. The lowest BCUT2D eigenvalue weighted by atomic mass is 9.95. The van der Waals surface area contributed by atoms with Crippen molar-refractivity contribution < 1.29 is 4.79 Å². The van der Waals surface area contributed by atoms with Crippen molar-refractivity contribution in [3.63, 3.8) is 0 Å². The molecule has 2 nitrogen and oxygen atoms in total. The molecule has 0 bridgehead atoms. The third-order valence-electron chi connectivity index (χ3n) is 2.82. The average molecular weight is 234 g/mol. The van der Waals surface area contributed by atoms with Gasteiger partial charge in [0.2, 0.25) is 5.91 Å². The fourth-order valence-corrected chi connectivity index (χ4v) is 1.77. The van der Waals surface area contributed by atoms with Crippen LogP contribution in [0.5, 0.6) is 0 Å². The van der Waals surface area contributed by atoms with Gasteiger partial charge < -0.3 is 5.32 Å². The normalized spacial score (nSPS) is 15.1. The molecule has 1 unspecified atom stereocenters. The molecule has 90 valence electrons. The molecule has 0 spiro atoms. The van der Waals surface area contributed by atoms with Gasteiger partial charge in [-0.3, -0.25) is 4.79 Å². The predicted octanol–water partition coefficient (Wildman–Crippen LogP) is 3.34. The molecule has 0 aromatic rings. The molecule has 1 atom stereocenters. The van der Waals surface area contributed by atoms with Crippen molar-refractivity contribution in [3.05, 3.63) is 0 Å². The highest BCUT2D eigenvalue weighted by Crippen LogP contribution is 2.16. The Kier molecular flexibility index (Phi) is 6.99. The van der Waals surface area contributed by atoms with Crippen LogP contribution in [0.4, 0.5) is 0 Å². The van der Waals surface area contributed by atoms with Crippen LogP contribution in [-0.4, -0.2) is 17.3 Å². The van der Waals surface area contributed by atoms with E-state index < -0.39 is 0 Å². The number of amides is 1. The fraction of sp³-hybridized carbons (Fsp3) is 0.917. The van der Waals surface area contributed by atoms with E-state index in [-0.39, 0.29) is 11.4 Å². The minimum atomic E-state index is -0.129. The maximum Gasteiger partial charge on any atom is 0.220 e. The van der Waals surface area contributed by atoms with Crippen LogP contribution in [0, 0.1) is 5.92 Å². The molecule has 0 aliphatic heterocycles. The van der Waals surface area contributed by atoms with Crippen molar-refractivity contribution in [3.8, 4) is 0 Å². The molecule has 3 heteroatoms. The maximum atomic E-state index is 11.6. The maximum absolute atomic E-state index is 11.6. The minimum Gasteiger partial charge on any atom is -0.351 e. The predicted molar refractivity (Wildman–Crippen MR) is 66.2 cm³/mol. The SMILES string of the molecule is CCC(C)(CCCl)NC(=O)CCC(C)C. The summed E-state index contributed by atoms with van der Waals surface area (Å²) in [4.78, 5) is 11.6. The molecule has 0 aromatic carbocycles. The van der Waals surface area contributed by atoms with Crippen molar-refractivity contribution in [1.29, 1.82) is 0 Å². The van der Waals surface area contributed by atoms with E-state index in [1.54, 1.807) is 0 Å². The monoisotopic (exact) mass is 233 g/mol. The van der Waals surface area contributed by atoms with Crippen LogP contribution in [0.25, 0.3) is 0 Å². The minimum absolute atomic E-state index is 0.129. The van der Waals surface area contributed by atoms with Gasteiger partial charge in [-0.25, -0.2) is 0 Å². The van der Waals surface area contributed by atoms with Crippen LogP contribution >= 0.6 is 11.6 Å². The van der Waals surface area contributed by atoms with E-state index in [2.05, 4.69) is 33.0 Å². The van der Waals surface area contributed by atoms with Gasteiger partial charge in [0.25, 0.3) is 0 Å². The van der Waals surface area contributed by atoms with E-state index in [0.29, 0.717) is 18.2 Å². The Bertz CT molecular complexity index is 194. The first-order valence-corrected chi connectivity index (χ1v) is 6.34. The smallest absolute Gasteiger partial charge is 0.220 e. The number of carbonyl (C=O) groups excluding carboxylic acids is 1. The van der Waals surface area contributed by atoms with Crippen molar-refractivity contribution >= 4 is 17.5 Å². The van der Waals surface area contributed by atoms with Crippen LogP contribution in [-0.2, 0) is 4.79 Å². The van der Waals surface area contributed by atoms with Crippen LogP contribution in [0.2, 0.25) is 0 Å². The first kappa shape index (κ1) is 14.8. The van der Waals surface area contributed by atoms with Crippen LogP contribution in [0.3, 0.4) is 0 Å². The quantitative estimate of drug-likeness (QED) is 0.672. The Morgan fingerprint density at radius 3 is 2.47 bits per heavy atom. The van der Waals surface area contributed by atoms with E-state index in [9.17, 15) is 4.79 Å². The van der Waals surface area contributed by atoms with Gasteiger partial charge in [0, 0.05) is 17.8 Å². The second-order valence-corrected chi connectivity index (χ2v) is 5.21. The number of carbonyl (C=O) groups is 1. The largest absolute Gasteiger partial charge is 0.351 e. The van der Waals surface area contributed by atoms with Crippen LogP contribution in [0.15, 0.2) is 0 Å². The Morgan fingerprint density at radius 1 is 1.47 bits per heavy atom. The molecular weight excluding hydrogens is 210 g/mol. The molecule has 0 aromatic heterocycles. The number of nitrogens with one attached hydrogen (secondary N) is 1. The molecule has 0 fully saturated rings. The summed E-state index contributed by atoms with van der Waals surface area (Å²) in [5.74, 6) is 1.32. The van der Waals surface area contributed by atoms with E-state index in [1.807, 2.05) is 0 Å². The van der Waals surface area contributed by atoms with Gasteiger partial charge in [-0.1, -0.05) is 20.8 Å². The highest BCUT2D eigenvalue weighted by atomic mass is 35.5. The molecular formula is C12H24ClNO. The summed E-state index contributed by atoms with van der Waals surface area (Å²) in [5.41, 5.74) is -0.129. The molecule has 1 N–H and O–H groups in total. The summed E-state index contributed by atoms with van der Waals surface area (Å²) in [6, 6.07) is 0. The van der Waals surface area contributed by atoms with Crippen LogP contribution in [0.1, 0.15) is 53.4 Å². The van der Waals surface area contributed by atoms with Crippen molar-refractivity contribution in [2.75, 3.05) is 5.88 Å². The highest BCUT2D eigenvalue weighted by molar-refractivity contribution is 6.17. The molecule has 0 saturated carbocycles. The molecule has 0 rings (SSSR count). The molecule has 0 aliphatic carbocycles. The number of alkyl halides is 1. The molecule has 0 radical (unpaired) electrons. The molecule has 0 aliphatic rings. The second-order valence-electron chi connectivity index (χ2n) is 4.83. The standard InChI is InChI=1S/C12H24ClNO/c1-5-12(4,8-9-13)14-11(15)7-6-10(2)3/h10H,5-9H2,1-4H3,(H,14,15). The number of halogens is 1. The first-order chi connectivity index (χ1) is 6.93. The fourth-order valence-electron chi connectivity index (χ4n) is 1.36. The lowest BCUT2D eigenvalue weighted by molar-refractivity contribution is -0.123. The second kappa shape index (κ2) is 7.10. The zero-order valence-corrected chi connectivity index (χ0v) is 11.2. The van der Waals surface area contributed by atoms with E-state index in [1.165, 1.54) is 0 Å². The number of rotatable bonds is 7. The molecule has 0 saturated heterocycles. The molecule has 1 amide bonds. The number of hydrogen-bond donors (Lipinski definition) is 1. The average Bonchev–Trinajstić information content (AvgIpc) is 2.15. The van der Waals surface area contributed by atoms with Gasteiger partial charge in [-0.05, 0) is 32.1 Å². The summed E-state index contributed by atoms with van der Waals surface area (Å²) in [6.07, 6.45) is 3.33. The zero-order chi connectivity index (χ0) is 11.9. The Morgan fingerprint density at radius 2 is 2.07 bits per heavy atom. The first-order valence-electron chi connectivity index (χ1n) is 5.80. The number of hydrogen-bond acceptors (Lipinski definition) is 1. The third kappa shape index (κ3) is 6.77. The van der Waals surface area contributed by atoms with Gasteiger partial charge in [-0.2, -0.15) is 0 Å². The van der Waals surface area contributed by atoms with Crippen molar-refractivity contribution in [2.45, 2.75) is 58.9 Å². The van der Waals surface area contributed by atoms with Gasteiger partial charge >= 0.3 is 0 Å². The summed E-state index contributed by atoms with van der Waals surface area (Å²) in [5, 5.41) is 3.08. The molecule has 15 heavy (non-hydrogen) atoms. The summed E-state index contributed by atoms with van der Waals surface area (Å²) in [6.45, 7) is 8.40. The van der Waals surface area contributed by atoms with Crippen molar-refractivity contribution in [1.82, 2.24) is 5.32 Å². The van der Waals surface area contributed by atoms with Gasteiger partial charge in [-0.15, -0.1) is 11.6 Å². The summed E-state index contributed by atoms with van der Waals surface area (Å²) >= 11 is 5.72. The summed E-state index contributed by atoms with van der Waals surface area (Å²) < 4.78 is 0. The Hall–Kier alpha value is -0.240.